The Morgan fingerprint density at radius 1 is 1.23 bits per heavy atom. The number of nitrogens with zero attached hydrogens (tertiary/aromatic N) is 1. The minimum atomic E-state index is -0.465. The normalized spacial score (nSPS) is 10.7. The highest BCUT2D eigenvalue weighted by molar-refractivity contribution is 9.10. The highest BCUT2D eigenvalue weighted by Gasteiger charge is 2.03. The van der Waals surface area contributed by atoms with E-state index in [1.165, 1.54) is 12.3 Å². The van der Waals surface area contributed by atoms with Crippen molar-refractivity contribution in [2.75, 3.05) is 5.32 Å². The smallest absolute Gasteiger partial charge is 0.339 e. The number of amides is 2. The van der Waals surface area contributed by atoms with E-state index in [0.29, 0.717) is 11.3 Å². The van der Waals surface area contributed by atoms with Gasteiger partial charge in [-0.1, -0.05) is 31.9 Å². The van der Waals surface area contributed by atoms with Gasteiger partial charge in [0.25, 0.3) is 0 Å². The van der Waals surface area contributed by atoms with Crippen LogP contribution in [0, 0.1) is 6.92 Å². The lowest BCUT2D eigenvalue weighted by Gasteiger charge is -2.06. The summed E-state index contributed by atoms with van der Waals surface area (Å²) in [6.07, 6.45) is 1.37. The van der Waals surface area contributed by atoms with Crippen molar-refractivity contribution in [3.63, 3.8) is 0 Å². The maximum Gasteiger partial charge on any atom is 0.339 e. The Labute approximate surface area is 144 Å². The molecule has 0 unspecified atom stereocenters. The van der Waals surface area contributed by atoms with Crippen LogP contribution in [0.1, 0.15) is 11.1 Å². The minimum absolute atomic E-state index is 0.0812. The molecule has 0 saturated heterocycles. The number of halogens is 2. The number of phenols is 1. The number of aryl methyl sites for hydroxylation is 1. The van der Waals surface area contributed by atoms with Crippen molar-refractivity contribution < 1.29 is 9.90 Å². The summed E-state index contributed by atoms with van der Waals surface area (Å²) < 4.78 is 1.78. The first-order chi connectivity index (χ1) is 10.5. The number of carbonyl (C=O) groups excluding carboxylic acids is 1. The predicted octanol–water partition coefficient (Wildman–Crippen LogP) is 4.38. The Balaban J connectivity index is 1.96. The maximum absolute atomic E-state index is 11.7. The van der Waals surface area contributed by atoms with Gasteiger partial charge in [0.1, 0.15) is 5.75 Å². The van der Waals surface area contributed by atoms with Crippen LogP contribution >= 0.6 is 31.9 Å². The Kier molecular flexibility index (Phi) is 5.57. The molecule has 0 aliphatic heterocycles. The van der Waals surface area contributed by atoms with E-state index in [0.717, 1.165) is 14.5 Å². The van der Waals surface area contributed by atoms with Crippen molar-refractivity contribution >= 4 is 49.8 Å². The van der Waals surface area contributed by atoms with Crippen LogP contribution in [0.4, 0.5) is 10.5 Å². The zero-order valence-corrected chi connectivity index (χ0v) is 14.8. The van der Waals surface area contributed by atoms with E-state index in [1.54, 1.807) is 18.2 Å². The van der Waals surface area contributed by atoms with Gasteiger partial charge in [-0.15, -0.1) is 0 Å². The number of hydrazone groups is 1. The van der Waals surface area contributed by atoms with E-state index in [-0.39, 0.29) is 5.75 Å². The summed E-state index contributed by atoms with van der Waals surface area (Å²) >= 11 is 6.69. The molecule has 2 aromatic rings. The van der Waals surface area contributed by atoms with Crippen LogP contribution in [0.3, 0.4) is 0 Å². The van der Waals surface area contributed by atoms with Crippen molar-refractivity contribution in [3.05, 3.63) is 56.5 Å². The van der Waals surface area contributed by atoms with Crippen LogP contribution in [-0.4, -0.2) is 17.4 Å². The Morgan fingerprint density at radius 3 is 2.73 bits per heavy atom. The molecule has 0 spiro atoms. The molecular formula is C15H13Br2N3O2. The van der Waals surface area contributed by atoms with E-state index in [9.17, 15) is 9.90 Å². The van der Waals surface area contributed by atoms with Gasteiger partial charge in [0.2, 0.25) is 0 Å². The number of aromatic hydroxyl groups is 1. The molecule has 2 aromatic carbocycles. The molecule has 0 aliphatic carbocycles. The van der Waals surface area contributed by atoms with Gasteiger partial charge in [-0.25, -0.2) is 10.2 Å². The summed E-state index contributed by atoms with van der Waals surface area (Å²) in [5, 5.41) is 16.1. The molecule has 0 fully saturated rings. The molecular weight excluding hydrogens is 414 g/mol. The molecule has 3 N–H and O–H groups in total. The Bertz CT molecular complexity index is 733. The molecule has 0 bridgehead atoms. The second kappa shape index (κ2) is 7.42. The number of urea groups is 1. The molecule has 5 nitrogen and oxygen atoms in total. The summed E-state index contributed by atoms with van der Waals surface area (Å²) in [6.45, 7) is 1.93. The average molecular weight is 427 g/mol. The molecule has 2 amide bonds. The molecule has 0 saturated carbocycles. The highest BCUT2D eigenvalue weighted by Crippen LogP contribution is 2.20. The van der Waals surface area contributed by atoms with E-state index in [1.807, 2.05) is 19.1 Å². The van der Waals surface area contributed by atoms with Gasteiger partial charge >= 0.3 is 6.03 Å². The van der Waals surface area contributed by atoms with Gasteiger partial charge in [0.05, 0.1) is 6.21 Å². The van der Waals surface area contributed by atoms with Crippen molar-refractivity contribution in [1.82, 2.24) is 5.43 Å². The average Bonchev–Trinajstić information content (AvgIpc) is 2.46. The third kappa shape index (κ3) is 4.57. The first-order valence-corrected chi connectivity index (χ1v) is 7.89. The fourth-order valence-corrected chi connectivity index (χ4v) is 2.30. The van der Waals surface area contributed by atoms with Gasteiger partial charge in [0.15, 0.2) is 0 Å². The first kappa shape index (κ1) is 16.5. The number of hydrogen-bond acceptors (Lipinski definition) is 3. The summed E-state index contributed by atoms with van der Waals surface area (Å²) in [5.74, 6) is 0.0812. The molecule has 114 valence electrons. The monoisotopic (exact) mass is 425 g/mol. The largest absolute Gasteiger partial charge is 0.507 e. The van der Waals surface area contributed by atoms with E-state index in [2.05, 4.69) is 47.7 Å². The van der Waals surface area contributed by atoms with E-state index in [4.69, 9.17) is 0 Å². The fourth-order valence-electron chi connectivity index (χ4n) is 1.67. The van der Waals surface area contributed by atoms with Crippen LogP contribution < -0.4 is 10.7 Å². The number of hydrogen-bond donors (Lipinski definition) is 3. The van der Waals surface area contributed by atoms with Gasteiger partial charge in [-0.3, -0.25) is 0 Å². The van der Waals surface area contributed by atoms with Crippen molar-refractivity contribution in [1.29, 1.82) is 0 Å². The summed E-state index contributed by atoms with van der Waals surface area (Å²) in [6, 6.07) is 9.95. The van der Waals surface area contributed by atoms with Gasteiger partial charge in [0, 0.05) is 20.2 Å². The van der Waals surface area contributed by atoms with E-state index < -0.39 is 6.03 Å². The molecule has 7 heteroatoms. The van der Waals surface area contributed by atoms with Crippen LogP contribution in [0.5, 0.6) is 5.75 Å². The van der Waals surface area contributed by atoms with Crippen molar-refractivity contribution in [2.45, 2.75) is 6.92 Å². The van der Waals surface area contributed by atoms with Crippen LogP contribution in [-0.2, 0) is 0 Å². The third-order valence-electron chi connectivity index (χ3n) is 2.78. The molecule has 0 heterocycles. The lowest BCUT2D eigenvalue weighted by molar-refractivity contribution is 0.252. The van der Waals surface area contributed by atoms with Crippen LogP contribution in [0.2, 0.25) is 0 Å². The van der Waals surface area contributed by atoms with Gasteiger partial charge in [-0.2, -0.15) is 5.10 Å². The van der Waals surface area contributed by atoms with Crippen LogP contribution in [0.15, 0.2) is 50.4 Å². The fraction of sp³-hybridized carbons (Fsp3) is 0.0667. The lowest BCUT2D eigenvalue weighted by Crippen LogP contribution is -2.24. The number of nitrogens with one attached hydrogen (secondary N) is 2. The van der Waals surface area contributed by atoms with Gasteiger partial charge < -0.3 is 10.4 Å². The predicted molar refractivity (Wildman–Crippen MR) is 94.4 cm³/mol. The molecule has 0 radical (unpaired) electrons. The second-order valence-electron chi connectivity index (χ2n) is 4.49. The molecule has 22 heavy (non-hydrogen) atoms. The third-order valence-corrected chi connectivity index (χ3v) is 4.16. The molecule has 2 rings (SSSR count). The standard InChI is InChI=1S/C15H13Br2N3O2/c1-9-6-12(3-4-13(9)17)19-15(22)20-18-8-10-7-11(16)2-5-14(10)21/h2-8,21H,1H3,(H2,19,20,22)/b18-8+. The minimum Gasteiger partial charge on any atom is -0.507 e. The number of benzene rings is 2. The van der Waals surface area contributed by atoms with Gasteiger partial charge in [-0.05, 0) is 48.9 Å². The first-order valence-electron chi connectivity index (χ1n) is 6.30. The number of rotatable bonds is 3. The SMILES string of the molecule is Cc1cc(NC(=O)N/N=C/c2cc(Br)ccc2O)ccc1Br. The van der Waals surface area contributed by atoms with Crippen molar-refractivity contribution in [2.24, 2.45) is 5.10 Å². The zero-order valence-electron chi connectivity index (χ0n) is 11.6. The second-order valence-corrected chi connectivity index (χ2v) is 6.26. The number of carbonyl (C=O) groups is 1. The van der Waals surface area contributed by atoms with Crippen molar-refractivity contribution in [3.8, 4) is 5.75 Å². The van der Waals surface area contributed by atoms with Crippen LogP contribution in [0.25, 0.3) is 0 Å². The molecule has 0 aliphatic rings. The van der Waals surface area contributed by atoms with E-state index >= 15 is 0 Å². The lowest BCUT2D eigenvalue weighted by atomic mass is 10.2. The molecule has 0 aromatic heterocycles. The summed E-state index contributed by atoms with van der Waals surface area (Å²) in [4.78, 5) is 11.7. The Morgan fingerprint density at radius 2 is 2.00 bits per heavy atom. The quantitative estimate of drug-likeness (QED) is 0.503. The number of phenolic OH excluding ortho intramolecular Hbond substituents is 1. The maximum atomic E-state index is 11.7. The Hall–Kier alpha value is -1.86. The summed E-state index contributed by atoms with van der Waals surface area (Å²) in [7, 11) is 0. The highest BCUT2D eigenvalue weighted by atomic mass is 79.9. The zero-order chi connectivity index (χ0) is 16.1. The topological polar surface area (TPSA) is 73.7 Å². The number of anilines is 1. The summed E-state index contributed by atoms with van der Waals surface area (Å²) in [5.41, 5.74) is 4.52. The molecule has 0 atom stereocenters.